The lowest BCUT2D eigenvalue weighted by molar-refractivity contribution is -0.129. The van der Waals surface area contributed by atoms with Crippen LogP contribution in [0, 0.1) is 5.92 Å². The lowest BCUT2D eigenvalue weighted by atomic mass is 10.3. The van der Waals surface area contributed by atoms with Gasteiger partial charge in [0.1, 0.15) is 17.3 Å². The molecule has 6 heteroatoms. The van der Waals surface area contributed by atoms with Crippen LogP contribution in [0.1, 0.15) is 30.8 Å². The van der Waals surface area contributed by atoms with Gasteiger partial charge in [0.15, 0.2) is 0 Å². The summed E-state index contributed by atoms with van der Waals surface area (Å²) in [5.74, 6) is 2.89. The van der Waals surface area contributed by atoms with Crippen molar-refractivity contribution in [2.75, 3.05) is 26.0 Å². The molecule has 0 saturated heterocycles. The molecule has 2 aromatic rings. The molecule has 1 heterocycles. The third-order valence-corrected chi connectivity index (χ3v) is 4.62. The zero-order valence-electron chi connectivity index (χ0n) is 15.8. The number of carbonyl (C=O) groups is 2. The fourth-order valence-corrected chi connectivity index (χ4v) is 2.85. The zero-order chi connectivity index (χ0) is 19.4. The molecule has 1 fully saturated rings. The topological polar surface area (TPSA) is 71.8 Å². The van der Waals surface area contributed by atoms with Gasteiger partial charge in [-0.15, -0.1) is 0 Å². The van der Waals surface area contributed by atoms with Crippen LogP contribution in [0.3, 0.4) is 0 Å². The quantitative estimate of drug-likeness (QED) is 0.759. The molecule has 1 aliphatic rings. The van der Waals surface area contributed by atoms with E-state index >= 15 is 0 Å². The largest absolute Gasteiger partial charge is 0.497 e. The van der Waals surface area contributed by atoms with Crippen molar-refractivity contribution in [3.8, 4) is 5.75 Å². The Morgan fingerprint density at radius 1 is 1.33 bits per heavy atom. The van der Waals surface area contributed by atoms with Crippen molar-refractivity contribution in [3.05, 3.63) is 54.0 Å². The van der Waals surface area contributed by atoms with E-state index in [0.29, 0.717) is 29.0 Å². The number of furan rings is 1. The number of carbonyl (C=O) groups excluding carboxylic acids is 2. The molecule has 1 saturated carbocycles. The Labute approximate surface area is 158 Å². The Morgan fingerprint density at radius 2 is 2.11 bits per heavy atom. The van der Waals surface area contributed by atoms with E-state index in [1.165, 1.54) is 11.0 Å². The highest BCUT2D eigenvalue weighted by atomic mass is 16.5. The predicted molar refractivity (Wildman–Crippen MR) is 104 cm³/mol. The van der Waals surface area contributed by atoms with Crippen molar-refractivity contribution < 1.29 is 18.7 Å². The van der Waals surface area contributed by atoms with Crippen LogP contribution in [0.4, 0.5) is 5.69 Å². The molecule has 6 nitrogen and oxygen atoms in total. The standard InChI is InChI=1S/C21H24N2O4/c1-14-11-18(14)19-9-7-16(27-19)8-10-21(25)23(2)13-20(24)22-15-5-4-6-17(12-15)26-3/h4-10,12,14,18H,11,13H2,1-3H3,(H,22,24)/b10-8+. The van der Waals surface area contributed by atoms with Crippen molar-refractivity contribution >= 4 is 23.6 Å². The van der Waals surface area contributed by atoms with Gasteiger partial charge in [-0.3, -0.25) is 9.59 Å². The summed E-state index contributed by atoms with van der Waals surface area (Å²) in [6.07, 6.45) is 4.20. The maximum atomic E-state index is 12.2. The molecule has 2 atom stereocenters. The van der Waals surface area contributed by atoms with E-state index in [-0.39, 0.29) is 18.4 Å². The van der Waals surface area contributed by atoms with Crippen LogP contribution in [-0.4, -0.2) is 37.4 Å². The molecule has 1 N–H and O–H groups in total. The van der Waals surface area contributed by atoms with Gasteiger partial charge in [-0.05, 0) is 42.7 Å². The van der Waals surface area contributed by atoms with Crippen LogP contribution >= 0.6 is 0 Å². The lowest BCUT2D eigenvalue weighted by Gasteiger charge is -2.15. The van der Waals surface area contributed by atoms with Gasteiger partial charge in [-0.2, -0.15) is 0 Å². The van der Waals surface area contributed by atoms with Gasteiger partial charge in [-0.25, -0.2) is 0 Å². The van der Waals surface area contributed by atoms with Gasteiger partial charge < -0.3 is 19.4 Å². The minimum absolute atomic E-state index is 0.0522. The molecule has 0 spiro atoms. The summed E-state index contributed by atoms with van der Waals surface area (Å²) in [5.41, 5.74) is 0.619. The number of hydrogen-bond donors (Lipinski definition) is 1. The Hall–Kier alpha value is -3.02. The molecule has 142 valence electrons. The number of ether oxygens (including phenoxy) is 1. The van der Waals surface area contributed by atoms with Crippen molar-refractivity contribution in [2.24, 2.45) is 5.92 Å². The van der Waals surface area contributed by atoms with E-state index in [2.05, 4.69) is 12.2 Å². The molecule has 27 heavy (non-hydrogen) atoms. The van der Waals surface area contributed by atoms with Crippen molar-refractivity contribution in [1.82, 2.24) is 4.90 Å². The number of rotatable bonds is 7. The van der Waals surface area contributed by atoms with Gasteiger partial charge in [-0.1, -0.05) is 13.0 Å². The molecular formula is C21H24N2O4. The number of anilines is 1. The van der Waals surface area contributed by atoms with Crippen LogP contribution in [0.5, 0.6) is 5.75 Å². The first-order valence-electron chi connectivity index (χ1n) is 8.93. The van der Waals surface area contributed by atoms with Crippen LogP contribution in [0.2, 0.25) is 0 Å². The molecule has 2 unspecified atom stereocenters. The second-order valence-corrected chi connectivity index (χ2v) is 6.87. The van der Waals surface area contributed by atoms with E-state index in [1.807, 2.05) is 12.1 Å². The Balaban J connectivity index is 1.50. The van der Waals surface area contributed by atoms with Gasteiger partial charge in [0.05, 0.1) is 13.7 Å². The Bertz CT molecular complexity index is 855. The molecule has 1 aliphatic carbocycles. The number of nitrogens with zero attached hydrogens (tertiary/aromatic N) is 1. The smallest absolute Gasteiger partial charge is 0.246 e. The maximum Gasteiger partial charge on any atom is 0.246 e. The van der Waals surface area contributed by atoms with Crippen LogP contribution in [-0.2, 0) is 9.59 Å². The molecule has 2 amide bonds. The molecule has 0 bridgehead atoms. The summed E-state index contributed by atoms with van der Waals surface area (Å²) >= 11 is 0. The monoisotopic (exact) mass is 368 g/mol. The van der Waals surface area contributed by atoms with E-state index in [1.54, 1.807) is 44.5 Å². The molecule has 0 aliphatic heterocycles. The zero-order valence-corrected chi connectivity index (χ0v) is 15.8. The van der Waals surface area contributed by atoms with Crippen molar-refractivity contribution in [3.63, 3.8) is 0 Å². The SMILES string of the molecule is COc1cccc(NC(=O)CN(C)C(=O)/C=C/c2ccc(C3CC3C)o2)c1. The summed E-state index contributed by atoms with van der Waals surface area (Å²) in [5, 5.41) is 2.75. The third kappa shape index (κ3) is 5.00. The first kappa shape index (κ1) is 18.8. The van der Waals surface area contributed by atoms with Crippen LogP contribution < -0.4 is 10.1 Å². The van der Waals surface area contributed by atoms with E-state index in [0.717, 1.165) is 12.2 Å². The third-order valence-electron chi connectivity index (χ3n) is 4.62. The number of nitrogens with one attached hydrogen (secondary N) is 1. The number of hydrogen-bond acceptors (Lipinski definition) is 4. The maximum absolute atomic E-state index is 12.2. The van der Waals surface area contributed by atoms with Gasteiger partial charge in [0.2, 0.25) is 11.8 Å². The van der Waals surface area contributed by atoms with Crippen molar-refractivity contribution in [1.29, 1.82) is 0 Å². The lowest BCUT2D eigenvalue weighted by Crippen LogP contribution is -2.33. The van der Waals surface area contributed by atoms with Crippen molar-refractivity contribution in [2.45, 2.75) is 19.3 Å². The highest BCUT2D eigenvalue weighted by Crippen LogP contribution is 2.47. The van der Waals surface area contributed by atoms with Crippen LogP contribution in [0.15, 0.2) is 46.9 Å². The second kappa shape index (κ2) is 8.12. The summed E-state index contributed by atoms with van der Waals surface area (Å²) in [7, 11) is 3.14. The number of methoxy groups -OCH3 is 1. The van der Waals surface area contributed by atoms with Gasteiger partial charge in [0.25, 0.3) is 0 Å². The predicted octanol–water partition coefficient (Wildman–Crippen LogP) is 3.52. The van der Waals surface area contributed by atoms with Gasteiger partial charge >= 0.3 is 0 Å². The van der Waals surface area contributed by atoms with E-state index in [9.17, 15) is 9.59 Å². The fraction of sp³-hybridized carbons (Fsp3) is 0.333. The number of amides is 2. The molecule has 1 aromatic heterocycles. The van der Waals surface area contributed by atoms with Crippen LogP contribution in [0.25, 0.3) is 6.08 Å². The molecule has 3 rings (SSSR count). The average molecular weight is 368 g/mol. The average Bonchev–Trinajstić information content (AvgIpc) is 3.19. The molecule has 0 radical (unpaired) electrons. The minimum atomic E-state index is -0.282. The normalized spacial score (nSPS) is 18.3. The van der Waals surface area contributed by atoms with E-state index < -0.39 is 0 Å². The Morgan fingerprint density at radius 3 is 2.81 bits per heavy atom. The summed E-state index contributed by atoms with van der Waals surface area (Å²) in [6.45, 7) is 2.14. The van der Waals surface area contributed by atoms with Gasteiger partial charge in [0, 0.05) is 30.8 Å². The highest BCUT2D eigenvalue weighted by Gasteiger charge is 2.36. The Kier molecular flexibility index (Phi) is 5.64. The fourth-order valence-electron chi connectivity index (χ4n) is 2.85. The summed E-state index contributed by atoms with van der Waals surface area (Å²) in [4.78, 5) is 25.7. The second-order valence-electron chi connectivity index (χ2n) is 6.87. The summed E-state index contributed by atoms with van der Waals surface area (Å²) < 4.78 is 10.9. The summed E-state index contributed by atoms with van der Waals surface area (Å²) in [6, 6.07) is 10.9. The highest BCUT2D eigenvalue weighted by molar-refractivity contribution is 5.97. The molecule has 1 aromatic carbocycles. The molecular weight excluding hydrogens is 344 g/mol. The first-order chi connectivity index (χ1) is 13.0. The minimum Gasteiger partial charge on any atom is -0.497 e. The first-order valence-corrected chi connectivity index (χ1v) is 8.93. The number of likely N-dealkylation sites (N-methyl/N-ethyl adjacent to an activating group) is 1. The van der Waals surface area contributed by atoms with E-state index in [4.69, 9.17) is 9.15 Å². The number of benzene rings is 1.